The third-order valence-corrected chi connectivity index (χ3v) is 6.44. The number of β-lactam (4-membered cyclic amide) rings is 1. The van der Waals surface area contributed by atoms with Crippen LogP contribution in [0.5, 0.6) is 0 Å². The standard InChI is InChI=1S/C25H21NO7S/c1-2-13-31-25(30)32-14-18-15-34-23-20(27)22(28)26(23)19(18)24(29)33-21(16-9-5-3-6-10-16)17-11-7-4-8-12-17/h2-12,21,23H,1,13-15H2/t23-/m1/s1. The Labute approximate surface area is 200 Å². The van der Waals surface area contributed by atoms with Crippen molar-refractivity contribution in [2.45, 2.75) is 11.5 Å². The second kappa shape index (κ2) is 10.4. The molecule has 0 aromatic heterocycles. The van der Waals surface area contributed by atoms with Gasteiger partial charge < -0.3 is 14.2 Å². The average Bonchev–Trinajstić information content (AvgIpc) is 2.89. The lowest BCUT2D eigenvalue weighted by Gasteiger charge is -2.42. The predicted octanol–water partition coefficient (Wildman–Crippen LogP) is 3.40. The maximum Gasteiger partial charge on any atom is 0.508 e. The highest BCUT2D eigenvalue weighted by atomic mass is 32.2. The van der Waals surface area contributed by atoms with Gasteiger partial charge in [0.2, 0.25) is 0 Å². The van der Waals surface area contributed by atoms with Crippen LogP contribution in [0.15, 0.2) is 84.6 Å². The van der Waals surface area contributed by atoms with E-state index in [-0.39, 0.29) is 24.7 Å². The van der Waals surface area contributed by atoms with Crippen molar-refractivity contribution in [3.05, 3.63) is 95.7 Å². The van der Waals surface area contributed by atoms with Crippen LogP contribution in [-0.2, 0) is 28.6 Å². The summed E-state index contributed by atoms with van der Waals surface area (Å²) in [4.78, 5) is 50.7. The van der Waals surface area contributed by atoms with Crippen molar-refractivity contribution in [2.75, 3.05) is 19.0 Å². The fraction of sp³-hybridized carbons (Fsp3) is 0.200. The van der Waals surface area contributed by atoms with Crippen LogP contribution in [0.2, 0.25) is 0 Å². The summed E-state index contributed by atoms with van der Waals surface area (Å²) in [7, 11) is 0. The lowest BCUT2D eigenvalue weighted by molar-refractivity contribution is -0.158. The van der Waals surface area contributed by atoms with E-state index in [0.717, 1.165) is 16.0 Å². The summed E-state index contributed by atoms with van der Waals surface area (Å²) < 4.78 is 15.8. The minimum Gasteiger partial charge on any atom is -0.448 e. The van der Waals surface area contributed by atoms with Crippen LogP contribution in [0, 0.1) is 0 Å². The first-order valence-electron chi connectivity index (χ1n) is 10.4. The van der Waals surface area contributed by atoms with E-state index in [4.69, 9.17) is 14.2 Å². The van der Waals surface area contributed by atoms with Gasteiger partial charge in [-0.1, -0.05) is 73.3 Å². The molecule has 2 aromatic rings. The van der Waals surface area contributed by atoms with Gasteiger partial charge in [-0.3, -0.25) is 14.5 Å². The van der Waals surface area contributed by atoms with Crippen LogP contribution in [-0.4, -0.2) is 53.1 Å². The van der Waals surface area contributed by atoms with E-state index in [1.165, 1.54) is 17.8 Å². The summed E-state index contributed by atoms with van der Waals surface area (Å²) in [6.45, 7) is 3.13. The SMILES string of the molecule is C=CCOC(=O)OCC1=C(C(=O)OC(c2ccccc2)c2ccccc2)N2C(=O)C(=O)[C@H]2SC1. The zero-order chi connectivity index (χ0) is 24.1. The summed E-state index contributed by atoms with van der Waals surface area (Å²) in [6.07, 6.45) is -0.297. The Kier molecular flexibility index (Phi) is 7.12. The van der Waals surface area contributed by atoms with Crippen LogP contribution >= 0.6 is 11.8 Å². The molecule has 1 atom stereocenters. The van der Waals surface area contributed by atoms with Gasteiger partial charge in [0.05, 0.1) is 0 Å². The number of rotatable bonds is 8. The quantitative estimate of drug-likeness (QED) is 0.246. The van der Waals surface area contributed by atoms with Crippen molar-refractivity contribution in [3.8, 4) is 0 Å². The number of benzene rings is 2. The molecule has 0 saturated carbocycles. The molecule has 1 saturated heterocycles. The van der Waals surface area contributed by atoms with E-state index in [1.807, 2.05) is 60.7 Å². The molecular weight excluding hydrogens is 458 g/mol. The van der Waals surface area contributed by atoms with E-state index in [0.29, 0.717) is 5.57 Å². The van der Waals surface area contributed by atoms with Gasteiger partial charge in [-0.15, -0.1) is 11.8 Å². The van der Waals surface area contributed by atoms with Gasteiger partial charge in [-0.05, 0) is 11.1 Å². The average molecular weight is 480 g/mol. The Morgan fingerprint density at radius 2 is 1.65 bits per heavy atom. The maximum atomic E-state index is 13.4. The molecule has 2 aliphatic rings. The summed E-state index contributed by atoms with van der Waals surface area (Å²) in [5.74, 6) is -1.96. The third kappa shape index (κ3) is 4.74. The first-order valence-corrected chi connectivity index (χ1v) is 11.5. The smallest absolute Gasteiger partial charge is 0.448 e. The first-order chi connectivity index (χ1) is 16.5. The molecule has 34 heavy (non-hydrogen) atoms. The summed E-state index contributed by atoms with van der Waals surface area (Å²) in [6, 6.07) is 18.3. The van der Waals surface area contributed by atoms with Gasteiger partial charge in [0.15, 0.2) is 11.5 Å². The number of nitrogens with zero attached hydrogens (tertiary/aromatic N) is 1. The number of ether oxygens (including phenoxy) is 3. The minimum atomic E-state index is -0.940. The highest BCUT2D eigenvalue weighted by Crippen LogP contribution is 2.39. The second-order valence-electron chi connectivity index (χ2n) is 7.40. The fourth-order valence-electron chi connectivity index (χ4n) is 3.58. The third-order valence-electron chi connectivity index (χ3n) is 5.19. The van der Waals surface area contributed by atoms with E-state index < -0.39 is 35.3 Å². The highest BCUT2D eigenvalue weighted by Gasteiger charge is 2.53. The van der Waals surface area contributed by atoms with E-state index in [9.17, 15) is 19.2 Å². The van der Waals surface area contributed by atoms with Crippen LogP contribution < -0.4 is 0 Å². The van der Waals surface area contributed by atoms with Crippen molar-refractivity contribution in [1.29, 1.82) is 0 Å². The molecule has 174 valence electrons. The molecule has 0 bridgehead atoms. The number of hydrogen-bond acceptors (Lipinski definition) is 8. The molecular formula is C25H21NO7S. The Morgan fingerprint density at radius 3 is 2.24 bits per heavy atom. The Bertz CT molecular complexity index is 1110. The molecule has 0 radical (unpaired) electrons. The van der Waals surface area contributed by atoms with Crippen LogP contribution in [0.1, 0.15) is 17.2 Å². The van der Waals surface area contributed by atoms with Gasteiger partial charge >= 0.3 is 12.1 Å². The molecule has 1 fully saturated rings. The number of thioether (sulfide) groups is 1. The summed E-state index contributed by atoms with van der Waals surface area (Å²) >= 11 is 1.18. The largest absolute Gasteiger partial charge is 0.508 e. The summed E-state index contributed by atoms with van der Waals surface area (Å²) in [5, 5.41) is -0.793. The lowest BCUT2D eigenvalue weighted by Crippen LogP contribution is -2.62. The van der Waals surface area contributed by atoms with Gasteiger partial charge in [0, 0.05) is 11.3 Å². The van der Waals surface area contributed by atoms with E-state index in [2.05, 4.69) is 6.58 Å². The Morgan fingerprint density at radius 1 is 1.03 bits per heavy atom. The fourth-order valence-corrected chi connectivity index (χ4v) is 4.77. The number of ketones is 1. The zero-order valence-electron chi connectivity index (χ0n) is 18.0. The number of amides is 1. The van der Waals surface area contributed by atoms with Crippen LogP contribution in [0.4, 0.5) is 4.79 Å². The highest BCUT2D eigenvalue weighted by molar-refractivity contribution is 8.01. The first kappa shape index (κ1) is 23.3. The Balaban J connectivity index is 1.64. The van der Waals surface area contributed by atoms with Gasteiger partial charge in [-0.2, -0.15) is 0 Å². The molecule has 1 amide bonds. The van der Waals surface area contributed by atoms with Gasteiger partial charge in [0.25, 0.3) is 11.7 Å². The molecule has 9 heteroatoms. The van der Waals surface area contributed by atoms with Gasteiger partial charge in [0.1, 0.15) is 18.9 Å². The van der Waals surface area contributed by atoms with E-state index in [1.54, 1.807) is 0 Å². The molecule has 2 aliphatic heterocycles. The van der Waals surface area contributed by atoms with Crippen molar-refractivity contribution in [2.24, 2.45) is 0 Å². The molecule has 8 nitrogen and oxygen atoms in total. The van der Waals surface area contributed by atoms with Crippen molar-refractivity contribution >= 4 is 35.6 Å². The molecule has 4 rings (SSSR count). The maximum absolute atomic E-state index is 13.4. The lowest BCUT2D eigenvalue weighted by atomic mass is 10.0. The number of esters is 1. The van der Waals surface area contributed by atoms with Crippen molar-refractivity contribution < 1.29 is 33.4 Å². The molecule has 0 spiro atoms. The monoisotopic (exact) mass is 479 g/mol. The predicted molar refractivity (Wildman–Crippen MR) is 123 cm³/mol. The van der Waals surface area contributed by atoms with Crippen LogP contribution in [0.25, 0.3) is 0 Å². The number of Topliss-reactive ketones (excluding diaryl/α,β-unsaturated/α-hetero) is 1. The minimum absolute atomic E-state index is 0.0292. The number of hydrogen-bond donors (Lipinski definition) is 0. The van der Waals surface area contributed by atoms with Gasteiger partial charge in [-0.25, -0.2) is 9.59 Å². The molecule has 0 unspecified atom stereocenters. The van der Waals surface area contributed by atoms with Crippen molar-refractivity contribution in [3.63, 3.8) is 0 Å². The second-order valence-corrected chi connectivity index (χ2v) is 8.47. The number of carbonyl (C=O) groups is 4. The van der Waals surface area contributed by atoms with Crippen molar-refractivity contribution in [1.82, 2.24) is 4.90 Å². The number of fused-ring (bicyclic) bond motifs is 1. The molecule has 0 N–H and O–H groups in total. The molecule has 0 aliphatic carbocycles. The molecule has 2 aromatic carbocycles. The van der Waals surface area contributed by atoms with E-state index >= 15 is 0 Å². The number of carbonyl (C=O) groups excluding carboxylic acids is 4. The van der Waals surface area contributed by atoms with Crippen LogP contribution in [0.3, 0.4) is 0 Å². The summed E-state index contributed by atoms with van der Waals surface area (Å²) in [5.41, 5.74) is 1.74. The topological polar surface area (TPSA) is 99.2 Å². The molecule has 2 heterocycles. The normalized spacial score (nSPS) is 17.1. The Hall–Kier alpha value is -3.85. The zero-order valence-corrected chi connectivity index (χ0v) is 18.9.